The first-order valence-electron chi connectivity index (χ1n) is 8.63. The highest BCUT2D eigenvalue weighted by Gasteiger charge is 2.22. The van der Waals surface area contributed by atoms with E-state index < -0.39 is 4.92 Å². The molecule has 0 atom stereocenters. The lowest BCUT2D eigenvalue weighted by molar-refractivity contribution is -0.383. The van der Waals surface area contributed by atoms with Crippen molar-refractivity contribution < 1.29 is 13.9 Å². The number of rotatable bonds is 5. The van der Waals surface area contributed by atoms with Gasteiger partial charge in [0.25, 0.3) is 11.6 Å². The average molecular weight is 354 g/mol. The monoisotopic (exact) mass is 354 g/mol. The van der Waals surface area contributed by atoms with Gasteiger partial charge in [-0.05, 0) is 37.1 Å². The van der Waals surface area contributed by atoms with Crippen LogP contribution in [0.5, 0.6) is 0 Å². The molecule has 1 fully saturated rings. The molecule has 8 nitrogen and oxygen atoms in total. The zero-order chi connectivity index (χ0) is 17.9. The molecule has 0 amide bonds. The van der Waals surface area contributed by atoms with Crippen LogP contribution in [0.1, 0.15) is 32.1 Å². The summed E-state index contributed by atoms with van der Waals surface area (Å²) in [7, 11) is 0. The second-order valence-corrected chi connectivity index (χ2v) is 6.37. The number of nitro benzene ring substituents is 1. The number of nitro groups is 1. The number of hydrogen-bond acceptors (Lipinski definition) is 7. The van der Waals surface area contributed by atoms with E-state index in [4.69, 9.17) is 8.94 Å². The third kappa shape index (κ3) is 3.30. The molecule has 1 aromatic carbocycles. The van der Waals surface area contributed by atoms with Gasteiger partial charge in [0.1, 0.15) is 5.69 Å². The maximum Gasteiger partial charge on any atom is 0.293 e. The van der Waals surface area contributed by atoms with Crippen molar-refractivity contribution in [2.75, 3.05) is 5.32 Å². The van der Waals surface area contributed by atoms with Gasteiger partial charge in [0.05, 0.1) is 11.2 Å². The first-order valence-corrected chi connectivity index (χ1v) is 8.63. The van der Waals surface area contributed by atoms with Crippen LogP contribution in [0.3, 0.4) is 0 Å². The normalized spacial score (nSPS) is 15.1. The van der Waals surface area contributed by atoms with Crippen molar-refractivity contribution in [2.45, 2.75) is 38.1 Å². The van der Waals surface area contributed by atoms with Gasteiger partial charge in [-0.25, -0.2) is 0 Å². The number of aromatic nitrogens is 2. The smallest absolute Gasteiger partial charge is 0.293 e. The molecule has 0 aliphatic heterocycles. The number of furan rings is 1. The Labute approximate surface area is 149 Å². The van der Waals surface area contributed by atoms with Crippen LogP contribution >= 0.6 is 0 Å². The fourth-order valence-corrected chi connectivity index (χ4v) is 3.25. The van der Waals surface area contributed by atoms with Gasteiger partial charge in [0, 0.05) is 17.7 Å². The largest absolute Gasteiger partial charge is 0.461 e. The topological polar surface area (TPSA) is 107 Å². The van der Waals surface area contributed by atoms with E-state index in [1.54, 1.807) is 24.3 Å². The van der Waals surface area contributed by atoms with Gasteiger partial charge in [-0.15, -0.1) is 0 Å². The molecule has 1 aliphatic carbocycles. The second-order valence-electron chi connectivity index (χ2n) is 6.37. The van der Waals surface area contributed by atoms with Gasteiger partial charge in [-0.2, -0.15) is 4.98 Å². The van der Waals surface area contributed by atoms with E-state index in [1.165, 1.54) is 18.8 Å². The molecule has 1 aliphatic rings. The summed E-state index contributed by atoms with van der Waals surface area (Å²) in [6.45, 7) is 0. The summed E-state index contributed by atoms with van der Waals surface area (Å²) in [6, 6.07) is 8.64. The lowest BCUT2D eigenvalue weighted by Crippen LogP contribution is -2.22. The maximum absolute atomic E-state index is 11.5. The highest BCUT2D eigenvalue weighted by molar-refractivity contribution is 5.70. The third-order valence-electron chi connectivity index (χ3n) is 4.57. The Bertz CT molecular complexity index is 898. The van der Waals surface area contributed by atoms with Crippen molar-refractivity contribution in [3.8, 4) is 23.0 Å². The predicted octanol–water partition coefficient (Wildman–Crippen LogP) is 4.65. The van der Waals surface area contributed by atoms with Gasteiger partial charge in [0.2, 0.25) is 5.82 Å². The van der Waals surface area contributed by atoms with E-state index in [9.17, 15) is 10.1 Å². The molecule has 0 saturated heterocycles. The van der Waals surface area contributed by atoms with Crippen molar-refractivity contribution in [3.05, 3.63) is 46.7 Å². The summed E-state index contributed by atoms with van der Waals surface area (Å²) in [5, 5.41) is 18.7. The Balaban J connectivity index is 1.61. The van der Waals surface area contributed by atoms with Crippen molar-refractivity contribution in [3.63, 3.8) is 0 Å². The summed E-state index contributed by atoms with van der Waals surface area (Å²) in [5.74, 6) is 0.992. The molecule has 0 bridgehead atoms. The van der Waals surface area contributed by atoms with E-state index >= 15 is 0 Å². The molecule has 0 radical (unpaired) electrons. The minimum Gasteiger partial charge on any atom is -0.461 e. The fraction of sp³-hybridized carbons (Fsp3) is 0.333. The number of nitrogens with one attached hydrogen (secondary N) is 1. The van der Waals surface area contributed by atoms with Crippen LogP contribution in [0.15, 0.2) is 45.5 Å². The zero-order valence-electron chi connectivity index (χ0n) is 14.1. The van der Waals surface area contributed by atoms with Gasteiger partial charge in [-0.3, -0.25) is 10.1 Å². The molecule has 2 heterocycles. The van der Waals surface area contributed by atoms with Crippen LogP contribution in [0, 0.1) is 10.1 Å². The molecule has 26 heavy (non-hydrogen) atoms. The molecule has 1 N–H and O–H groups in total. The molecular formula is C18H18N4O4. The SMILES string of the molecule is O=[N+]([O-])c1cc(-c2nc(-c3ccco3)no2)ccc1NC1CCCCC1. The Morgan fingerprint density at radius 2 is 2.04 bits per heavy atom. The highest BCUT2D eigenvalue weighted by Crippen LogP contribution is 2.33. The number of hydrogen-bond donors (Lipinski definition) is 1. The van der Waals surface area contributed by atoms with Crippen molar-refractivity contribution >= 4 is 11.4 Å². The quantitative estimate of drug-likeness (QED) is 0.525. The minimum atomic E-state index is -0.390. The van der Waals surface area contributed by atoms with Gasteiger partial charge >= 0.3 is 0 Å². The Morgan fingerprint density at radius 3 is 2.77 bits per heavy atom. The van der Waals surface area contributed by atoms with E-state index in [2.05, 4.69) is 15.5 Å². The zero-order valence-corrected chi connectivity index (χ0v) is 14.1. The number of anilines is 1. The molecule has 8 heteroatoms. The molecule has 0 spiro atoms. The maximum atomic E-state index is 11.5. The van der Waals surface area contributed by atoms with Gasteiger partial charge < -0.3 is 14.3 Å². The molecule has 1 saturated carbocycles. The van der Waals surface area contributed by atoms with E-state index in [1.807, 2.05) is 0 Å². The highest BCUT2D eigenvalue weighted by atomic mass is 16.6. The molecule has 0 unspecified atom stereocenters. The summed E-state index contributed by atoms with van der Waals surface area (Å²) in [4.78, 5) is 15.4. The first-order chi connectivity index (χ1) is 12.7. The summed E-state index contributed by atoms with van der Waals surface area (Å²) < 4.78 is 10.5. The van der Waals surface area contributed by atoms with Crippen molar-refractivity contribution in [1.82, 2.24) is 10.1 Å². The Morgan fingerprint density at radius 1 is 1.19 bits per heavy atom. The number of benzene rings is 1. The molecule has 3 aromatic rings. The van der Waals surface area contributed by atoms with Crippen LogP contribution < -0.4 is 5.32 Å². The van der Waals surface area contributed by atoms with Crippen LogP contribution in [0.25, 0.3) is 23.0 Å². The second kappa shape index (κ2) is 6.99. The summed E-state index contributed by atoms with van der Waals surface area (Å²) in [5.41, 5.74) is 1.03. The van der Waals surface area contributed by atoms with Gasteiger partial charge in [-0.1, -0.05) is 24.4 Å². The fourth-order valence-electron chi connectivity index (χ4n) is 3.25. The molecular weight excluding hydrogens is 336 g/mol. The first kappa shape index (κ1) is 16.3. The third-order valence-corrected chi connectivity index (χ3v) is 4.57. The van der Waals surface area contributed by atoms with Crippen LogP contribution in [0.4, 0.5) is 11.4 Å². The molecule has 4 rings (SSSR count). The lowest BCUT2D eigenvalue weighted by Gasteiger charge is -2.23. The van der Waals surface area contributed by atoms with Crippen LogP contribution in [-0.4, -0.2) is 21.1 Å². The molecule has 134 valence electrons. The van der Waals surface area contributed by atoms with Crippen LogP contribution in [-0.2, 0) is 0 Å². The minimum absolute atomic E-state index is 0.00539. The molecule has 2 aromatic heterocycles. The Hall–Kier alpha value is -3.16. The van der Waals surface area contributed by atoms with E-state index in [0.29, 0.717) is 22.8 Å². The van der Waals surface area contributed by atoms with Crippen LogP contribution in [0.2, 0.25) is 0 Å². The van der Waals surface area contributed by atoms with Crippen molar-refractivity contribution in [2.24, 2.45) is 0 Å². The lowest BCUT2D eigenvalue weighted by atomic mass is 9.95. The van der Waals surface area contributed by atoms with Gasteiger partial charge in [0.15, 0.2) is 5.76 Å². The standard InChI is InChI=1S/C18H18N4O4/c23-22(24)15-11-12(8-9-14(15)19-13-5-2-1-3-6-13)18-20-17(21-26-18)16-7-4-10-25-16/h4,7-11,13,19H,1-3,5-6H2. The Kier molecular flexibility index (Phi) is 4.39. The average Bonchev–Trinajstić information content (AvgIpc) is 3.34. The predicted molar refractivity (Wildman–Crippen MR) is 94.6 cm³/mol. The van der Waals surface area contributed by atoms with E-state index in [-0.39, 0.29) is 17.6 Å². The summed E-state index contributed by atoms with van der Waals surface area (Å²) >= 11 is 0. The summed E-state index contributed by atoms with van der Waals surface area (Å²) in [6.07, 6.45) is 7.13. The van der Waals surface area contributed by atoms with Crippen molar-refractivity contribution in [1.29, 1.82) is 0 Å². The van der Waals surface area contributed by atoms with E-state index in [0.717, 1.165) is 25.7 Å². The number of nitrogens with zero attached hydrogens (tertiary/aromatic N) is 3.